The molecule has 4 heteroatoms. The van der Waals surface area contributed by atoms with Crippen LogP contribution in [-0.2, 0) is 16.0 Å². The Bertz CT molecular complexity index is 558. The molecule has 1 fully saturated rings. The molecular formula is C20H30N2O2. The molecule has 1 saturated carbocycles. The van der Waals surface area contributed by atoms with Crippen molar-refractivity contribution in [3.63, 3.8) is 0 Å². The topological polar surface area (TPSA) is 58.2 Å². The van der Waals surface area contributed by atoms with Gasteiger partial charge in [-0.05, 0) is 48.3 Å². The SMILES string of the molecule is CC(=O)Nc1ccc(CC(=O)NCC2(CC(C)C)CCCC2)cc1. The third-order valence-electron chi connectivity index (χ3n) is 4.81. The Hall–Kier alpha value is -1.84. The second-order valence-corrected chi connectivity index (χ2v) is 7.64. The summed E-state index contributed by atoms with van der Waals surface area (Å²) < 4.78 is 0. The molecule has 0 unspecified atom stereocenters. The Kier molecular flexibility index (Phi) is 6.41. The third-order valence-corrected chi connectivity index (χ3v) is 4.81. The fraction of sp³-hybridized carbons (Fsp3) is 0.600. The largest absolute Gasteiger partial charge is 0.355 e. The molecule has 0 heterocycles. The summed E-state index contributed by atoms with van der Waals surface area (Å²) in [6, 6.07) is 7.46. The van der Waals surface area contributed by atoms with Gasteiger partial charge < -0.3 is 10.6 Å². The number of hydrogen-bond acceptors (Lipinski definition) is 2. The second kappa shape index (κ2) is 8.32. The first-order chi connectivity index (χ1) is 11.4. The highest BCUT2D eigenvalue weighted by Crippen LogP contribution is 2.42. The van der Waals surface area contributed by atoms with Gasteiger partial charge in [0.25, 0.3) is 0 Å². The van der Waals surface area contributed by atoms with Crippen molar-refractivity contribution in [3.05, 3.63) is 29.8 Å². The van der Waals surface area contributed by atoms with Crippen LogP contribution in [0.5, 0.6) is 0 Å². The van der Waals surface area contributed by atoms with Crippen molar-refractivity contribution in [2.75, 3.05) is 11.9 Å². The van der Waals surface area contributed by atoms with Crippen molar-refractivity contribution < 1.29 is 9.59 Å². The van der Waals surface area contributed by atoms with Crippen LogP contribution in [0.2, 0.25) is 0 Å². The van der Waals surface area contributed by atoms with Gasteiger partial charge in [-0.2, -0.15) is 0 Å². The quantitative estimate of drug-likeness (QED) is 0.796. The summed E-state index contributed by atoms with van der Waals surface area (Å²) in [4.78, 5) is 23.3. The van der Waals surface area contributed by atoms with Gasteiger partial charge in [-0.3, -0.25) is 9.59 Å². The maximum absolute atomic E-state index is 12.3. The normalized spacial score (nSPS) is 16.2. The lowest BCUT2D eigenvalue weighted by molar-refractivity contribution is -0.121. The summed E-state index contributed by atoms with van der Waals surface area (Å²) in [5.74, 6) is 0.658. The van der Waals surface area contributed by atoms with Crippen LogP contribution >= 0.6 is 0 Å². The van der Waals surface area contributed by atoms with Crippen LogP contribution in [-0.4, -0.2) is 18.4 Å². The van der Waals surface area contributed by atoms with Gasteiger partial charge in [-0.1, -0.05) is 38.8 Å². The number of rotatable bonds is 7. The molecule has 0 atom stereocenters. The number of hydrogen-bond donors (Lipinski definition) is 2. The van der Waals surface area contributed by atoms with Crippen molar-refractivity contribution in [1.82, 2.24) is 5.32 Å². The van der Waals surface area contributed by atoms with Gasteiger partial charge in [0.15, 0.2) is 0 Å². The van der Waals surface area contributed by atoms with Crippen molar-refractivity contribution >= 4 is 17.5 Å². The van der Waals surface area contributed by atoms with Gasteiger partial charge in [-0.25, -0.2) is 0 Å². The molecule has 1 aromatic rings. The molecule has 0 spiro atoms. The van der Waals surface area contributed by atoms with Crippen LogP contribution in [0.4, 0.5) is 5.69 Å². The summed E-state index contributed by atoms with van der Waals surface area (Å²) in [6.07, 6.45) is 6.62. The molecule has 0 bridgehead atoms. The van der Waals surface area contributed by atoms with E-state index in [9.17, 15) is 9.59 Å². The Labute approximate surface area is 145 Å². The van der Waals surface area contributed by atoms with Crippen LogP contribution in [0.3, 0.4) is 0 Å². The first kappa shape index (κ1) is 18.5. The van der Waals surface area contributed by atoms with Gasteiger partial charge >= 0.3 is 0 Å². The van der Waals surface area contributed by atoms with Crippen molar-refractivity contribution in [2.45, 2.75) is 59.3 Å². The predicted octanol–water partition coefficient (Wildman–Crippen LogP) is 3.91. The maximum Gasteiger partial charge on any atom is 0.224 e. The maximum atomic E-state index is 12.3. The number of benzene rings is 1. The minimum atomic E-state index is -0.0903. The van der Waals surface area contributed by atoms with Crippen molar-refractivity contribution in [2.24, 2.45) is 11.3 Å². The molecule has 2 amide bonds. The van der Waals surface area contributed by atoms with Crippen LogP contribution in [0, 0.1) is 11.3 Å². The zero-order chi connectivity index (χ0) is 17.6. The van der Waals surface area contributed by atoms with E-state index in [1.54, 1.807) is 0 Å². The van der Waals surface area contributed by atoms with Gasteiger partial charge in [0, 0.05) is 19.2 Å². The average molecular weight is 330 g/mol. The Morgan fingerprint density at radius 2 is 1.75 bits per heavy atom. The monoisotopic (exact) mass is 330 g/mol. The molecule has 0 aromatic heterocycles. The minimum Gasteiger partial charge on any atom is -0.355 e. The van der Waals surface area contributed by atoms with E-state index in [0.29, 0.717) is 17.8 Å². The van der Waals surface area contributed by atoms with E-state index in [0.717, 1.165) is 17.8 Å². The second-order valence-electron chi connectivity index (χ2n) is 7.64. The fourth-order valence-electron chi connectivity index (χ4n) is 3.89. The van der Waals surface area contributed by atoms with E-state index in [1.165, 1.54) is 39.0 Å². The molecule has 1 aliphatic carbocycles. The smallest absolute Gasteiger partial charge is 0.224 e. The van der Waals surface area contributed by atoms with E-state index in [2.05, 4.69) is 24.5 Å². The van der Waals surface area contributed by atoms with E-state index >= 15 is 0 Å². The summed E-state index contributed by atoms with van der Waals surface area (Å²) >= 11 is 0. The summed E-state index contributed by atoms with van der Waals surface area (Å²) in [5.41, 5.74) is 2.03. The van der Waals surface area contributed by atoms with E-state index in [1.807, 2.05) is 24.3 Å². The summed E-state index contributed by atoms with van der Waals surface area (Å²) in [5, 5.41) is 5.89. The minimum absolute atomic E-state index is 0.0808. The van der Waals surface area contributed by atoms with E-state index < -0.39 is 0 Å². The fourth-order valence-corrected chi connectivity index (χ4v) is 3.89. The molecule has 2 N–H and O–H groups in total. The standard InChI is InChI=1S/C20H30N2O2/c1-15(2)13-20(10-4-5-11-20)14-21-19(24)12-17-6-8-18(9-7-17)22-16(3)23/h6-9,15H,4-5,10-14H2,1-3H3,(H,21,24)(H,22,23). The molecule has 132 valence electrons. The highest BCUT2D eigenvalue weighted by atomic mass is 16.2. The highest BCUT2D eigenvalue weighted by Gasteiger charge is 2.34. The molecule has 24 heavy (non-hydrogen) atoms. The van der Waals surface area contributed by atoms with E-state index in [-0.39, 0.29) is 11.8 Å². The number of carbonyl (C=O) groups excluding carboxylic acids is 2. The van der Waals surface area contributed by atoms with Crippen LogP contribution in [0.15, 0.2) is 24.3 Å². The van der Waals surface area contributed by atoms with Gasteiger partial charge in [-0.15, -0.1) is 0 Å². The molecule has 1 aromatic carbocycles. The van der Waals surface area contributed by atoms with Gasteiger partial charge in [0.2, 0.25) is 11.8 Å². The lowest BCUT2D eigenvalue weighted by atomic mass is 9.78. The number of amides is 2. The number of carbonyl (C=O) groups is 2. The van der Waals surface area contributed by atoms with Gasteiger partial charge in [0.1, 0.15) is 0 Å². The molecule has 2 rings (SSSR count). The van der Waals surface area contributed by atoms with Gasteiger partial charge in [0.05, 0.1) is 6.42 Å². The predicted molar refractivity (Wildman–Crippen MR) is 97.8 cm³/mol. The summed E-state index contributed by atoms with van der Waals surface area (Å²) in [6.45, 7) is 6.81. The molecule has 4 nitrogen and oxygen atoms in total. The third kappa shape index (κ3) is 5.66. The Balaban J connectivity index is 1.85. The van der Waals surface area contributed by atoms with Crippen LogP contribution in [0.1, 0.15) is 58.4 Å². The Morgan fingerprint density at radius 1 is 1.12 bits per heavy atom. The van der Waals surface area contributed by atoms with Crippen molar-refractivity contribution in [3.8, 4) is 0 Å². The average Bonchev–Trinajstić information content (AvgIpc) is 2.95. The van der Waals surface area contributed by atoms with E-state index in [4.69, 9.17) is 0 Å². The highest BCUT2D eigenvalue weighted by molar-refractivity contribution is 5.88. The lowest BCUT2D eigenvalue weighted by Crippen LogP contribution is -2.37. The Morgan fingerprint density at radius 3 is 2.29 bits per heavy atom. The number of nitrogens with one attached hydrogen (secondary N) is 2. The molecular weight excluding hydrogens is 300 g/mol. The van der Waals surface area contributed by atoms with Crippen LogP contribution in [0.25, 0.3) is 0 Å². The first-order valence-corrected chi connectivity index (χ1v) is 9.02. The zero-order valence-electron chi connectivity index (χ0n) is 15.2. The lowest BCUT2D eigenvalue weighted by Gasteiger charge is -2.31. The molecule has 1 aliphatic rings. The summed E-state index contributed by atoms with van der Waals surface area (Å²) in [7, 11) is 0. The molecule has 0 saturated heterocycles. The molecule has 0 aliphatic heterocycles. The van der Waals surface area contributed by atoms with Crippen molar-refractivity contribution in [1.29, 1.82) is 0 Å². The van der Waals surface area contributed by atoms with Crippen LogP contribution < -0.4 is 10.6 Å². The first-order valence-electron chi connectivity index (χ1n) is 9.02. The number of anilines is 1. The molecule has 0 radical (unpaired) electrons. The zero-order valence-corrected chi connectivity index (χ0v) is 15.2.